The Morgan fingerprint density at radius 3 is 2.56 bits per heavy atom. The van der Waals surface area contributed by atoms with Crippen LogP contribution in [0.25, 0.3) is 0 Å². The van der Waals surface area contributed by atoms with Crippen molar-refractivity contribution in [1.82, 2.24) is 5.32 Å². The molecule has 1 aliphatic rings. The first kappa shape index (κ1) is 13.4. The van der Waals surface area contributed by atoms with Crippen LogP contribution < -0.4 is 5.32 Å². The minimum Gasteiger partial charge on any atom is -0.480 e. The molecule has 1 fully saturated rings. The van der Waals surface area contributed by atoms with Crippen molar-refractivity contribution in [2.75, 3.05) is 11.5 Å². The Hall–Kier alpha value is -0.710. The third kappa shape index (κ3) is 3.40. The number of carbonyl (C=O) groups is 2. The van der Waals surface area contributed by atoms with Crippen molar-refractivity contribution in [3.05, 3.63) is 0 Å². The van der Waals surface area contributed by atoms with Crippen molar-refractivity contribution >= 4 is 23.6 Å². The van der Waals surface area contributed by atoms with Crippen molar-refractivity contribution in [2.45, 2.75) is 39.2 Å². The number of hydrogen-bond donors (Lipinski definition) is 2. The minimum atomic E-state index is -1.27. The van der Waals surface area contributed by atoms with E-state index in [1.165, 1.54) is 6.92 Å². The lowest BCUT2D eigenvalue weighted by molar-refractivity contribution is -0.154. The number of aliphatic carboxylic acids is 1. The SMILES string of the molecule is CCSCCC(C)(C(=O)O)C(=O)NC1CC1. The van der Waals surface area contributed by atoms with Crippen molar-refractivity contribution in [3.8, 4) is 0 Å². The Labute approximate surface area is 100 Å². The average Bonchev–Trinajstić information content (AvgIpc) is 3.01. The zero-order chi connectivity index (χ0) is 12.2. The fourth-order valence-corrected chi connectivity index (χ4v) is 2.15. The average molecular weight is 245 g/mol. The monoisotopic (exact) mass is 245 g/mol. The molecular formula is C11H19NO3S. The number of rotatable bonds is 7. The van der Waals surface area contributed by atoms with E-state index in [2.05, 4.69) is 5.32 Å². The highest BCUT2D eigenvalue weighted by atomic mass is 32.2. The largest absolute Gasteiger partial charge is 0.480 e. The van der Waals surface area contributed by atoms with Crippen LogP contribution in [-0.4, -0.2) is 34.5 Å². The number of carboxylic acids is 1. The van der Waals surface area contributed by atoms with Crippen LogP contribution in [-0.2, 0) is 9.59 Å². The van der Waals surface area contributed by atoms with E-state index < -0.39 is 11.4 Å². The fourth-order valence-electron chi connectivity index (χ4n) is 1.31. The molecule has 1 amide bonds. The number of thioether (sulfide) groups is 1. The molecule has 0 bridgehead atoms. The van der Waals surface area contributed by atoms with Crippen LogP contribution >= 0.6 is 11.8 Å². The van der Waals surface area contributed by atoms with Crippen LogP contribution in [0, 0.1) is 5.41 Å². The zero-order valence-electron chi connectivity index (χ0n) is 9.78. The first-order valence-corrected chi connectivity index (χ1v) is 6.78. The maximum atomic E-state index is 11.8. The van der Waals surface area contributed by atoms with Crippen LogP contribution in [0.15, 0.2) is 0 Å². The Balaban J connectivity index is 2.54. The summed E-state index contributed by atoms with van der Waals surface area (Å²) < 4.78 is 0. The van der Waals surface area contributed by atoms with Crippen LogP contribution in [0.3, 0.4) is 0 Å². The highest BCUT2D eigenvalue weighted by Gasteiger charge is 2.42. The molecule has 1 aliphatic carbocycles. The summed E-state index contributed by atoms with van der Waals surface area (Å²) in [6, 6.07) is 0.213. The number of carboxylic acid groups (broad SMARTS) is 1. The van der Waals surface area contributed by atoms with Crippen molar-refractivity contribution < 1.29 is 14.7 Å². The number of hydrogen-bond acceptors (Lipinski definition) is 3. The summed E-state index contributed by atoms with van der Waals surface area (Å²) >= 11 is 1.66. The topological polar surface area (TPSA) is 66.4 Å². The molecule has 0 spiro atoms. The maximum Gasteiger partial charge on any atom is 0.318 e. The first-order chi connectivity index (χ1) is 7.50. The molecule has 2 N–H and O–H groups in total. The van der Waals surface area contributed by atoms with Gasteiger partial charge in [0.05, 0.1) is 0 Å². The highest BCUT2D eigenvalue weighted by molar-refractivity contribution is 7.99. The van der Waals surface area contributed by atoms with Gasteiger partial charge >= 0.3 is 5.97 Å². The summed E-state index contributed by atoms with van der Waals surface area (Å²) in [5, 5.41) is 11.9. The van der Waals surface area contributed by atoms with Crippen molar-refractivity contribution in [2.24, 2.45) is 5.41 Å². The standard InChI is InChI=1S/C11H19NO3S/c1-3-16-7-6-11(2,10(14)15)9(13)12-8-4-5-8/h8H,3-7H2,1-2H3,(H,12,13)(H,14,15). The lowest BCUT2D eigenvalue weighted by Crippen LogP contribution is -2.45. The van der Waals surface area contributed by atoms with Gasteiger partial charge in [-0.15, -0.1) is 0 Å². The molecule has 5 heteroatoms. The predicted octanol–water partition coefficient (Wildman–Crippen LogP) is 1.50. The molecule has 1 atom stereocenters. The van der Waals surface area contributed by atoms with Gasteiger partial charge in [-0.25, -0.2) is 0 Å². The number of amides is 1. The third-order valence-corrected chi connectivity index (χ3v) is 3.74. The molecule has 0 heterocycles. The zero-order valence-corrected chi connectivity index (χ0v) is 10.6. The molecule has 16 heavy (non-hydrogen) atoms. The molecule has 0 aromatic carbocycles. The van der Waals surface area contributed by atoms with E-state index in [4.69, 9.17) is 5.11 Å². The Morgan fingerprint density at radius 1 is 1.50 bits per heavy atom. The lowest BCUT2D eigenvalue weighted by atomic mass is 9.86. The molecule has 0 aliphatic heterocycles. The van der Waals surface area contributed by atoms with Gasteiger partial charge in [-0.2, -0.15) is 11.8 Å². The van der Waals surface area contributed by atoms with E-state index in [-0.39, 0.29) is 11.9 Å². The Kier molecular flexibility index (Phi) is 4.65. The molecule has 1 rings (SSSR count). The fraction of sp³-hybridized carbons (Fsp3) is 0.818. The molecule has 92 valence electrons. The van der Waals surface area contributed by atoms with Gasteiger partial charge in [0.25, 0.3) is 0 Å². The molecule has 0 aromatic heterocycles. The second-order valence-electron chi connectivity index (χ2n) is 4.33. The highest BCUT2D eigenvalue weighted by Crippen LogP contribution is 2.27. The molecule has 1 unspecified atom stereocenters. The molecular weight excluding hydrogens is 226 g/mol. The summed E-state index contributed by atoms with van der Waals surface area (Å²) in [5.41, 5.74) is -1.27. The molecule has 0 radical (unpaired) electrons. The molecule has 0 saturated heterocycles. The summed E-state index contributed by atoms with van der Waals surface area (Å²) in [6.07, 6.45) is 2.34. The Morgan fingerprint density at radius 2 is 2.12 bits per heavy atom. The van der Waals surface area contributed by atoms with Gasteiger partial charge in [-0.1, -0.05) is 6.92 Å². The van der Waals surface area contributed by atoms with Gasteiger partial charge in [-0.05, 0) is 37.7 Å². The van der Waals surface area contributed by atoms with E-state index in [9.17, 15) is 9.59 Å². The van der Waals surface area contributed by atoms with E-state index >= 15 is 0 Å². The Bertz CT molecular complexity index is 278. The third-order valence-electron chi connectivity index (χ3n) is 2.84. The van der Waals surface area contributed by atoms with E-state index in [1.54, 1.807) is 11.8 Å². The molecule has 1 saturated carbocycles. The first-order valence-electron chi connectivity index (χ1n) is 5.63. The summed E-state index contributed by atoms with van der Waals surface area (Å²) in [5.74, 6) is 0.290. The van der Waals surface area contributed by atoms with Gasteiger partial charge in [0.2, 0.25) is 5.91 Å². The minimum absolute atomic E-state index is 0.213. The quantitative estimate of drug-likeness (QED) is 0.527. The van der Waals surface area contributed by atoms with Crippen molar-refractivity contribution in [3.63, 3.8) is 0 Å². The van der Waals surface area contributed by atoms with Crippen molar-refractivity contribution in [1.29, 1.82) is 0 Å². The summed E-state index contributed by atoms with van der Waals surface area (Å²) in [6.45, 7) is 3.54. The second-order valence-corrected chi connectivity index (χ2v) is 5.73. The predicted molar refractivity (Wildman–Crippen MR) is 64.5 cm³/mol. The van der Waals surface area contributed by atoms with Crippen LogP contribution in [0.1, 0.15) is 33.1 Å². The number of carbonyl (C=O) groups excluding carboxylic acids is 1. The normalized spacial score (nSPS) is 18.9. The summed E-state index contributed by atoms with van der Waals surface area (Å²) in [4.78, 5) is 23.0. The van der Waals surface area contributed by atoms with Gasteiger partial charge in [0.15, 0.2) is 0 Å². The van der Waals surface area contributed by atoms with Gasteiger partial charge in [-0.3, -0.25) is 9.59 Å². The van der Waals surface area contributed by atoms with E-state index in [1.807, 2.05) is 6.92 Å². The maximum absolute atomic E-state index is 11.8. The van der Waals surface area contributed by atoms with Gasteiger partial charge in [0, 0.05) is 6.04 Å². The van der Waals surface area contributed by atoms with E-state index in [0.717, 1.165) is 18.6 Å². The smallest absolute Gasteiger partial charge is 0.318 e. The molecule has 4 nitrogen and oxygen atoms in total. The van der Waals surface area contributed by atoms with Crippen LogP contribution in [0.4, 0.5) is 0 Å². The lowest BCUT2D eigenvalue weighted by Gasteiger charge is -2.23. The summed E-state index contributed by atoms with van der Waals surface area (Å²) in [7, 11) is 0. The number of nitrogens with one attached hydrogen (secondary N) is 1. The van der Waals surface area contributed by atoms with Crippen LogP contribution in [0.5, 0.6) is 0 Å². The van der Waals surface area contributed by atoms with Gasteiger partial charge in [0.1, 0.15) is 5.41 Å². The van der Waals surface area contributed by atoms with E-state index in [0.29, 0.717) is 12.2 Å². The molecule has 0 aromatic rings. The van der Waals surface area contributed by atoms with Gasteiger partial charge < -0.3 is 10.4 Å². The second kappa shape index (κ2) is 5.57. The van der Waals surface area contributed by atoms with Crippen LogP contribution in [0.2, 0.25) is 0 Å².